The van der Waals surface area contributed by atoms with Gasteiger partial charge in [-0.05, 0) is 54.2 Å². The molecule has 0 bridgehead atoms. The molecule has 5 nitrogen and oxygen atoms in total. The maximum atomic E-state index is 13.4. The van der Waals surface area contributed by atoms with Crippen molar-refractivity contribution < 1.29 is 13.2 Å². The minimum absolute atomic E-state index is 0.142. The van der Waals surface area contributed by atoms with Crippen LogP contribution in [0, 0.1) is 12.8 Å². The maximum Gasteiger partial charge on any atom is 0.225 e. The largest absolute Gasteiger partial charge is 0.345 e. The third-order valence-electron chi connectivity index (χ3n) is 6.40. The van der Waals surface area contributed by atoms with Crippen LogP contribution in [0.4, 0.5) is 0 Å². The predicted octanol–water partition coefficient (Wildman–Crippen LogP) is 5.75. The Labute approximate surface area is 217 Å². The molecule has 4 rings (SSSR count). The number of aryl methyl sites for hydroxylation is 1. The summed E-state index contributed by atoms with van der Waals surface area (Å²) in [6.45, 7) is 2.58. The molecule has 8 heteroatoms. The molecule has 1 fully saturated rings. The summed E-state index contributed by atoms with van der Waals surface area (Å²) in [5, 5.41) is 3.90. The Morgan fingerprint density at radius 3 is 2.46 bits per heavy atom. The number of carbonyl (C=O) groups excluding carboxylic acids is 1. The molecular weight excluding hydrogens is 503 g/mol. The van der Waals surface area contributed by atoms with Crippen molar-refractivity contribution in [1.82, 2.24) is 9.62 Å². The van der Waals surface area contributed by atoms with Crippen LogP contribution in [-0.4, -0.2) is 31.7 Å². The Kier molecular flexibility index (Phi) is 8.17. The smallest absolute Gasteiger partial charge is 0.225 e. The van der Waals surface area contributed by atoms with Crippen LogP contribution in [0.15, 0.2) is 72.8 Å². The topological polar surface area (TPSA) is 66.5 Å². The van der Waals surface area contributed by atoms with E-state index in [2.05, 4.69) is 5.32 Å². The number of hydrogen-bond acceptors (Lipinski definition) is 3. The van der Waals surface area contributed by atoms with E-state index in [-0.39, 0.29) is 24.2 Å². The first-order valence-electron chi connectivity index (χ1n) is 11.6. The van der Waals surface area contributed by atoms with Gasteiger partial charge in [-0.1, -0.05) is 83.9 Å². The zero-order valence-electron chi connectivity index (χ0n) is 19.5. The summed E-state index contributed by atoms with van der Waals surface area (Å²) in [6.07, 6.45) is 1.26. The van der Waals surface area contributed by atoms with Gasteiger partial charge >= 0.3 is 0 Å². The van der Waals surface area contributed by atoms with Crippen LogP contribution in [0.5, 0.6) is 0 Å². The predicted molar refractivity (Wildman–Crippen MR) is 141 cm³/mol. The summed E-state index contributed by atoms with van der Waals surface area (Å²) in [7, 11) is -3.62. The highest BCUT2D eigenvalue weighted by Crippen LogP contribution is 2.28. The minimum Gasteiger partial charge on any atom is -0.345 e. The Morgan fingerprint density at radius 1 is 1.03 bits per heavy atom. The molecule has 2 unspecified atom stereocenters. The molecule has 0 spiro atoms. The summed E-state index contributed by atoms with van der Waals surface area (Å²) < 4.78 is 27.7. The molecule has 1 aliphatic rings. The highest BCUT2D eigenvalue weighted by molar-refractivity contribution is 7.88. The standard InChI is InChI=1S/C27H28Cl2N2O3S/c1-19-8-5-6-12-23(19)26(21-9-3-2-4-10-21)30-27(32)22-11-7-15-31(17-22)35(33,34)18-20-13-14-24(28)25(29)16-20/h2-6,8-10,12-14,16,22,26H,7,11,15,17-18H2,1H3,(H,30,32). The lowest BCUT2D eigenvalue weighted by molar-refractivity contribution is -0.126. The van der Waals surface area contributed by atoms with Crippen molar-refractivity contribution in [3.63, 3.8) is 0 Å². The quantitative estimate of drug-likeness (QED) is 0.422. The number of rotatable bonds is 7. The summed E-state index contributed by atoms with van der Waals surface area (Å²) in [5.41, 5.74) is 3.65. The molecule has 2 atom stereocenters. The molecular formula is C27H28Cl2N2O3S. The fourth-order valence-electron chi connectivity index (χ4n) is 4.50. The third-order valence-corrected chi connectivity index (χ3v) is 8.96. The highest BCUT2D eigenvalue weighted by Gasteiger charge is 2.33. The van der Waals surface area contributed by atoms with Gasteiger partial charge in [0.05, 0.1) is 27.8 Å². The number of nitrogens with one attached hydrogen (secondary N) is 1. The fourth-order valence-corrected chi connectivity index (χ4v) is 6.42. The molecule has 35 heavy (non-hydrogen) atoms. The van der Waals surface area contributed by atoms with Crippen LogP contribution < -0.4 is 5.32 Å². The van der Waals surface area contributed by atoms with E-state index in [1.54, 1.807) is 18.2 Å². The van der Waals surface area contributed by atoms with E-state index < -0.39 is 15.9 Å². The van der Waals surface area contributed by atoms with E-state index in [0.29, 0.717) is 35.0 Å². The van der Waals surface area contributed by atoms with E-state index >= 15 is 0 Å². The van der Waals surface area contributed by atoms with Crippen molar-refractivity contribution >= 4 is 39.1 Å². The molecule has 3 aromatic rings. The Bertz CT molecular complexity index is 1300. The van der Waals surface area contributed by atoms with Gasteiger partial charge in [0.25, 0.3) is 0 Å². The second kappa shape index (κ2) is 11.1. The van der Waals surface area contributed by atoms with E-state index in [4.69, 9.17) is 23.2 Å². The molecule has 1 amide bonds. The first-order chi connectivity index (χ1) is 16.7. The van der Waals surface area contributed by atoms with Gasteiger partial charge in [-0.15, -0.1) is 0 Å². The minimum atomic E-state index is -3.62. The van der Waals surface area contributed by atoms with Crippen molar-refractivity contribution in [2.45, 2.75) is 31.6 Å². The van der Waals surface area contributed by atoms with E-state index in [1.807, 2.05) is 61.5 Å². The maximum absolute atomic E-state index is 13.4. The Morgan fingerprint density at radius 2 is 1.74 bits per heavy atom. The highest BCUT2D eigenvalue weighted by atomic mass is 35.5. The van der Waals surface area contributed by atoms with Gasteiger partial charge in [-0.2, -0.15) is 0 Å². The van der Waals surface area contributed by atoms with Gasteiger partial charge in [-0.25, -0.2) is 12.7 Å². The van der Waals surface area contributed by atoms with E-state index in [1.165, 1.54) is 4.31 Å². The average molecular weight is 532 g/mol. The van der Waals surface area contributed by atoms with Gasteiger partial charge in [0.2, 0.25) is 15.9 Å². The van der Waals surface area contributed by atoms with Crippen molar-refractivity contribution in [3.05, 3.63) is 105 Å². The number of carbonyl (C=O) groups is 1. The van der Waals surface area contributed by atoms with Crippen LogP contribution in [0.2, 0.25) is 10.0 Å². The summed E-state index contributed by atoms with van der Waals surface area (Å²) >= 11 is 12.0. The molecule has 1 aliphatic heterocycles. The molecule has 184 valence electrons. The monoisotopic (exact) mass is 530 g/mol. The number of halogens is 2. The summed E-state index contributed by atoms with van der Waals surface area (Å²) in [4.78, 5) is 13.4. The van der Waals surface area contributed by atoms with Crippen molar-refractivity contribution in [2.24, 2.45) is 5.92 Å². The first-order valence-corrected chi connectivity index (χ1v) is 13.9. The number of hydrogen-bond donors (Lipinski definition) is 1. The van der Waals surface area contributed by atoms with Crippen molar-refractivity contribution in [1.29, 1.82) is 0 Å². The molecule has 1 N–H and O–H groups in total. The lowest BCUT2D eigenvalue weighted by Gasteiger charge is -2.32. The molecule has 0 saturated carbocycles. The number of piperidine rings is 1. The van der Waals surface area contributed by atoms with Crippen LogP contribution in [0.3, 0.4) is 0 Å². The first kappa shape index (κ1) is 25.7. The second-order valence-electron chi connectivity index (χ2n) is 8.91. The SMILES string of the molecule is Cc1ccccc1C(NC(=O)C1CCCN(S(=O)(=O)Cc2ccc(Cl)c(Cl)c2)C1)c1ccccc1. The molecule has 0 aromatic heterocycles. The summed E-state index contributed by atoms with van der Waals surface area (Å²) in [6, 6.07) is 22.3. The lowest BCUT2D eigenvalue weighted by atomic mass is 9.93. The lowest BCUT2D eigenvalue weighted by Crippen LogP contribution is -2.46. The zero-order valence-corrected chi connectivity index (χ0v) is 21.8. The number of nitrogens with zero attached hydrogens (tertiary/aromatic N) is 1. The van der Waals surface area contributed by atoms with Crippen LogP contribution in [0.1, 0.15) is 41.1 Å². The normalized spacial score (nSPS) is 17.6. The Balaban J connectivity index is 1.50. The Hall–Kier alpha value is -2.38. The van der Waals surface area contributed by atoms with E-state index in [0.717, 1.165) is 16.7 Å². The van der Waals surface area contributed by atoms with Crippen LogP contribution >= 0.6 is 23.2 Å². The fraction of sp³-hybridized carbons (Fsp3) is 0.296. The van der Waals surface area contributed by atoms with Crippen molar-refractivity contribution in [2.75, 3.05) is 13.1 Å². The van der Waals surface area contributed by atoms with Crippen LogP contribution in [0.25, 0.3) is 0 Å². The molecule has 1 saturated heterocycles. The zero-order chi connectivity index (χ0) is 25.0. The second-order valence-corrected chi connectivity index (χ2v) is 11.7. The van der Waals surface area contributed by atoms with Crippen molar-refractivity contribution in [3.8, 4) is 0 Å². The molecule has 0 aliphatic carbocycles. The third kappa shape index (κ3) is 6.25. The number of benzene rings is 3. The molecule has 0 radical (unpaired) electrons. The van der Waals surface area contributed by atoms with Gasteiger partial charge in [-0.3, -0.25) is 4.79 Å². The van der Waals surface area contributed by atoms with Gasteiger partial charge in [0, 0.05) is 13.1 Å². The molecule has 1 heterocycles. The van der Waals surface area contributed by atoms with Gasteiger partial charge in [0.1, 0.15) is 0 Å². The van der Waals surface area contributed by atoms with Gasteiger partial charge < -0.3 is 5.32 Å². The number of amides is 1. The number of sulfonamides is 1. The van der Waals surface area contributed by atoms with E-state index in [9.17, 15) is 13.2 Å². The molecule has 3 aromatic carbocycles. The van der Waals surface area contributed by atoms with Crippen LogP contribution in [-0.2, 0) is 20.6 Å². The van der Waals surface area contributed by atoms with Gasteiger partial charge in [0.15, 0.2) is 0 Å². The average Bonchev–Trinajstić information content (AvgIpc) is 2.86. The summed E-state index contributed by atoms with van der Waals surface area (Å²) in [5.74, 6) is -0.757.